The number of anilines is 1. The second kappa shape index (κ2) is 14.1. The van der Waals surface area contributed by atoms with Gasteiger partial charge in [0, 0.05) is 30.4 Å². The lowest BCUT2D eigenvalue weighted by Crippen LogP contribution is -2.56. The van der Waals surface area contributed by atoms with Crippen molar-refractivity contribution in [1.82, 2.24) is 34.8 Å². The minimum atomic E-state index is -4.91. The fourth-order valence-corrected chi connectivity index (χ4v) is 4.73. The van der Waals surface area contributed by atoms with Gasteiger partial charge in [-0.1, -0.05) is 0 Å². The van der Waals surface area contributed by atoms with E-state index in [2.05, 4.69) is 29.9 Å². The molecule has 5 N–H and O–H groups in total. The van der Waals surface area contributed by atoms with Crippen LogP contribution in [0, 0.1) is 0 Å². The molecule has 0 bridgehead atoms. The summed E-state index contributed by atoms with van der Waals surface area (Å²) in [5, 5.41) is 27.9. The van der Waals surface area contributed by atoms with Crippen LogP contribution in [0.1, 0.15) is 57.9 Å². The molecule has 20 heteroatoms. The molecule has 0 atom stereocenters. The molecular weight excluding hydrogens is 633 g/mol. The van der Waals surface area contributed by atoms with Gasteiger partial charge in [-0.15, -0.1) is 0 Å². The number of rotatable bonds is 3. The van der Waals surface area contributed by atoms with Crippen molar-refractivity contribution >= 4 is 46.8 Å². The van der Waals surface area contributed by atoms with Crippen molar-refractivity contribution < 1.29 is 52.7 Å². The van der Waals surface area contributed by atoms with Gasteiger partial charge >= 0.3 is 18.5 Å². The monoisotopic (exact) mass is 664 g/mol. The van der Waals surface area contributed by atoms with Crippen molar-refractivity contribution in [1.29, 1.82) is 0 Å². The van der Waals surface area contributed by atoms with E-state index in [0.717, 1.165) is 6.20 Å². The Hall–Kier alpha value is -4.52. The molecule has 248 valence electrons. The Kier molecular flexibility index (Phi) is 11.5. The molecule has 0 unspecified atom stereocenters. The molecule has 0 radical (unpaired) electrons. The maximum atomic E-state index is 14.3. The zero-order chi connectivity index (χ0) is 34.5. The molecule has 0 aliphatic carbocycles. The summed E-state index contributed by atoms with van der Waals surface area (Å²) in [7, 11) is 0. The van der Waals surface area contributed by atoms with Gasteiger partial charge in [0.2, 0.25) is 11.1 Å². The predicted octanol–water partition coefficient (Wildman–Crippen LogP) is 4.80. The van der Waals surface area contributed by atoms with E-state index in [4.69, 9.17) is 46.4 Å². The van der Waals surface area contributed by atoms with E-state index in [9.17, 15) is 18.0 Å². The van der Waals surface area contributed by atoms with Gasteiger partial charge in [0.05, 0.1) is 18.8 Å². The number of imidazole rings is 1. The van der Waals surface area contributed by atoms with Crippen molar-refractivity contribution in [3.63, 3.8) is 0 Å². The highest BCUT2D eigenvalue weighted by Gasteiger charge is 2.41. The first kappa shape index (κ1) is 36.7. The summed E-state index contributed by atoms with van der Waals surface area (Å²) in [6.45, 7) is 12.5. The summed E-state index contributed by atoms with van der Waals surface area (Å²) in [4.78, 5) is 57.1. The van der Waals surface area contributed by atoms with E-state index in [1.54, 1.807) is 41.5 Å². The lowest BCUT2D eigenvalue weighted by Gasteiger charge is -2.45. The first-order valence-corrected chi connectivity index (χ1v) is 13.3. The summed E-state index contributed by atoms with van der Waals surface area (Å²) >= 11 is 6.03. The minimum Gasteiger partial charge on any atom is -0.450 e. The Labute approximate surface area is 258 Å². The second-order valence-electron chi connectivity index (χ2n) is 11.2. The number of alkyl halides is 3. The van der Waals surface area contributed by atoms with Gasteiger partial charge in [-0.2, -0.15) is 18.2 Å². The maximum absolute atomic E-state index is 14.3. The van der Waals surface area contributed by atoms with Gasteiger partial charge in [0.15, 0.2) is 23.0 Å². The zero-order valence-corrected chi connectivity index (χ0v) is 25.7. The van der Waals surface area contributed by atoms with Crippen LogP contribution in [0.25, 0.3) is 22.6 Å². The number of amides is 1. The number of carboxylic acid groups (broad SMARTS) is 4. The fourth-order valence-electron chi connectivity index (χ4n) is 4.56. The molecule has 1 saturated heterocycles. The highest BCUT2D eigenvalue weighted by Crippen LogP contribution is 2.37. The van der Waals surface area contributed by atoms with Crippen molar-refractivity contribution in [2.45, 2.75) is 58.8 Å². The quantitative estimate of drug-likeness (QED) is 0.237. The van der Waals surface area contributed by atoms with Crippen LogP contribution < -0.4 is 4.90 Å². The molecule has 16 nitrogen and oxygen atoms in total. The molecule has 45 heavy (non-hydrogen) atoms. The average Bonchev–Trinajstić information content (AvgIpc) is 3.25. The third-order valence-electron chi connectivity index (χ3n) is 5.65. The van der Waals surface area contributed by atoms with Crippen molar-refractivity contribution in [3.8, 4) is 11.4 Å². The van der Waals surface area contributed by atoms with E-state index in [0.29, 0.717) is 37.6 Å². The summed E-state index contributed by atoms with van der Waals surface area (Å²) in [6, 6.07) is 0. The number of aromatic nitrogens is 6. The third-order valence-corrected chi connectivity index (χ3v) is 5.83. The number of ether oxygens (including phenoxy) is 1. The number of nitrogens with one attached hydrogen (secondary N) is 1. The molecule has 0 saturated carbocycles. The largest absolute Gasteiger partial charge is 0.503 e. The van der Waals surface area contributed by atoms with E-state index in [1.165, 1.54) is 4.90 Å². The van der Waals surface area contributed by atoms with E-state index < -0.39 is 52.6 Å². The SMILES string of the molecule is CC(C)(C)N(C(=O)c1ncc(-c2nc(N3CCOCC3)c3[nH]c(Cl)nc3n2)c(C(F)(F)F)n1)C(C)(C)C.O=C(O)O.O=C(O)O. The van der Waals surface area contributed by atoms with Crippen LogP contribution >= 0.6 is 11.6 Å². The Morgan fingerprint density at radius 1 is 0.911 bits per heavy atom. The van der Waals surface area contributed by atoms with Gasteiger partial charge in [-0.25, -0.2) is 29.5 Å². The lowest BCUT2D eigenvalue weighted by molar-refractivity contribution is -0.140. The van der Waals surface area contributed by atoms with E-state index in [1.807, 2.05) is 4.90 Å². The van der Waals surface area contributed by atoms with Gasteiger partial charge in [0.1, 0.15) is 5.52 Å². The summed E-state index contributed by atoms with van der Waals surface area (Å²) in [6.07, 6.45) is -7.65. The highest BCUT2D eigenvalue weighted by molar-refractivity contribution is 6.29. The predicted molar refractivity (Wildman–Crippen MR) is 153 cm³/mol. The zero-order valence-electron chi connectivity index (χ0n) is 25.0. The summed E-state index contributed by atoms with van der Waals surface area (Å²) in [5.41, 5.74) is -2.70. The Morgan fingerprint density at radius 2 is 1.42 bits per heavy atom. The number of halogens is 4. The lowest BCUT2D eigenvalue weighted by atomic mass is 9.95. The smallest absolute Gasteiger partial charge is 0.450 e. The second-order valence-corrected chi connectivity index (χ2v) is 11.6. The molecule has 3 aromatic rings. The molecule has 1 aliphatic rings. The summed E-state index contributed by atoms with van der Waals surface area (Å²) < 4.78 is 48.2. The van der Waals surface area contributed by atoms with Crippen molar-refractivity contribution in [3.05, 3.63) is 23.0 Å². The van der Waals surface area contributed by atoms with Crippen molar-refractivity contribution in [2.24, 2.45) is 0 Å². The number of hydrogen-bond donors (Lipinski definition) is 5. The number of carbonyl (C=O) groups excluding carboxylic acids is 1. The Bertz CT molecular complexity index is 1500. The number of morpholine rings is 1. The van der Waals surface area contributed by atoms with Gasteiger partial charge in [-0.05, 0) is 53.1 Å². The standard InChI is InChI=1S/C23H28ClF3N8O2.2CH2O3/c1-21(2,3)35(22(4,5)6)19(36)17-28-11-12(14(30-17)23(25,26)27)15-31-16-13(29-20(24)33-16)18(32-15)34-7-9-37-10-8-34;2*2-1(3)4/h11H,7-10H2,1-6H3,(H,29,31,32,33);2*(H2,2,3,4). The molecule has 0 aromatic carbocycles. The third kappa shape index (κ3) is 10.00. The molecule has 3 aromatic heterocycles. The first-order valence-electron chi connectivity index (χ1n) is 12.9. The van der Waals surface area contributed by atoms with Gasteiger partial charge in [-0.3, -0.25) is 4.79 Å². The molecule has 1 amide bonds. The molecular formula is C25H32ClF3N8O8. The molecule has 1 fully saturated rings. The molecule has 1 aliphatic heterocycles. The van der Waals surface area contributed by atoms with Gasteiger partial charge in [0.25, 0.3) is 5.91 Å². The van der Waals surface area contributed by atoms with Crippen LogP contribution in [0.3, 0.4) is 0 Å². The number of H-pyrrole nitrogens is 1. The average molecular weight is 665 g/mol. The topological polar surface area (TPSA) is 228 Å². The van der Waals surface area contributed by atoms with Crippen molar-refractivity contribution in [2.75, 3.05) is 31.2 Å². The van der Waals surface area contributed by atoms with Crippen LogP contribution in [0.5, 0.6) is 0 Å². The van der Waals surface area contributed by atoms with Crippen LogP contribution in [-0.2, 0) is 10.9 Å². The minimum absolute atomic E-state index is 0.0219. The number of hydrogen-bond acceptors (Lipinski definition) is 10. The number of nitrogens with zero attached hydrogens (tertiary/aromatic N) is 7. The van der Waals surface area contributed by atoms with Crippen LogP contribution in [0.4, 0.5) is 28.6 Å². The highest BCUT2D eigenvalue weighted by atomic mass is 35.5. The Balaban J connectivity index is 0.000000789. The van der Waals surface area contributed by atoms with E-state index >= 15 is 0 Å². The number of fused-ring (bicyclic) bond motifs is 1. The van der Waals surface area contributed by atoms with E-state index in [-0.39, 0.29) is 16.8 Å². The molecule has 4 rings (SSSR count). The van der Waals surface area contributed by atoms with Crippen LogP contribution in [0.15, 0.2) is 6.20 Å². The summed E-state index contributed by atoms with van der Waals surface area (Å²) in [5.74, 6) is -1.24. The Morgan fingerprint density at radius 3 is 1.89 bits per heavy atom. The van der Waals surface area contributed by atoms with Crippen LogP contribution in [-0.4, -0.2) is 111 Å². The maximum Gasteiger partial charge on any atom is 0.503 e. The number of aromatic amines is 1. The molecule has 4 heterocycles. The fraction of sp³-hybridized carbons (Fsp3) is 0.520. The van der Waals surface area contributed by atoms with Gasteiger partial charge < -0.3 is 39.9 Å². The van der Waals surface area contributed by atoms with Crippen LogP contribution in [0.2, 0.25) is 5.28 Å². The first-order chi connectivity index (χ1) is 20.5. The molecule has 0 spiro atoms. The normalized spacial score (nSPS) is 13.7. The number of carbonyl (C=O) groups is 3.